The zero-order valence-electron chi connectivity index (χ0n) is 14.3. The van der Waals surface area contributed by atoms with Gasteiger partial charge in [0.2, 0.25) is 5.91 Å². The summed E-state index contributed by atoms with van der Waals surface area (Å²) in [7, 11) is 0. The Morgan fingerprint density at radius 3 is 2.96 bits per heavy atom. The Morgan fingerprint density at radius 2 is 2.16 bits per heavy atom. The van der Waals surface area contributed by atoms with Gasteiger partial charge < -0.3 is 10.6 Å². The molecule has 1 aromatic heterocycles. The maximum atomic E-state index is 12.1. The molecule has 3 atom stereocenters. The quantitative estimate of drug-likeness (QED) is 0.735. The fourth-order valence-corrected chi connectivity index (χ4v) is 3.75. The number of fused-ring (bicyclic) bond motifs is 1. The van der Waals surface area contributed by atoms with Crippen LogP contribution in [0.4, 0.5) is 5.69 Å². The molecule has 0 aliphatic carbocycles. The van der Waals surface area contributed by atoms with Gasteiger partial charge in [0.1, 0.15) is 6.04 Å². The molecule has 132 valence electrons. The van der Waals surface area contributed by atoms with Crippen molar-refractivity contribution in [3.8, 4) is 0 Å². The molecule has 1 unspecified atom stereocenters. The largest absolute Gasteiger partial charge is 0.382 e. The Labute approximate surface area is 146 Å². The van der Waals surface area contributed by atoms with Crippen LogP contribution in [0.1, 0.15) is 32.2 Å². The monoisotopic (exact) mass is 341 g/mol. The third-order valence-electron chi connectivity index (χ3n) is 5.24. The van der Waals surface area contributed by atoms with E-state index in [0.29, 0.717) is 24.8 Å². The van der Waals surface area contributed by atoms with Crippen LogP contribution < -0.4 is 16.0 Å². The average molecular weight is 341 g/mol. The first kappa shape index (κ1) is 16.1. The van der Waals surface area contributed by atoms with Gasteiger partial charge in [0.15, 0.2) is 0 Å². The summed E-state index contributed by atoms with van der Waals surface area (Å²) in [6.07, 6.45) is 3.74. The standard InChI is InChI=1S/C18H23N5O2/c1-11-9-19-7-6-14(11)21-13-2-3-15-12(8-13)10-20-23(15)16-4-5-17(24)22-18(16)25/h2-3,8,10-11,14,16,19,21H,4-7,9H2,1H3,(H,22,24,25)/t11-,14-,16?/m1/s1. The number of hydrogen-bond donors (Lipinski definition) is 3. The molecular formula is C18H23N5O2. The van der Waals surface area contributed by atoms with Crippen molar-refractivity contribution in [1.82, 2.24) is 20.4 Å². The highest BCUT2D eigenvalue weighted by atomic mass is 16.2. The van der Waals surface area contributed by atoms with Gasteiger partial charge in [-0.2, -0.15) is 5.10 Å². The number of nitrogens with zero attached hydrogens (tertiary/aromatic N) is 2. The van der Waals surface area contributed by atoms with Crippen molar-refractivity contribution in [2.24, 2.45) is 5.92 Å². The average Bonchev–Trinajstić information content (AvgIpc) is 3.00. The normalized spacial score (nSPS) is 27.3. The Bertz CT molecular complexity index is 815. The highest BCUT2D eigenvalue weighted by Gasteiger charge is 2.29. The predicted octanol–water partition coefficient (Wildman–Crippen LogP) is 1.42. The van der Waals surface area contributed by atoms with Gasteiger partial charge in [0.25, 0.3) is 5.91 Å². The van der Waals surface area contributed by atoms with Crippen LogP contribution in [0.5, 0.6) is 0 Å². The maximum absolute atomic E-state index is 12.1. The van der Waals surface area contributed by atoms with Crippen molar-refractivity contribution in [3.63, 3.8) is 0 Å². The first-order valence-corrected chi connectivity index (χ1v) is 8.90. The summed E-state index contributed by atoms with van der Waals surface area (Å²) in [6.45, 7) is 4.33. The maximum Gasteiger partial charge on any atom is 0.251 e. The number of rotatable bonds is 3. The SMILES string of the molecule is C[C@@H]1CNCC[C@H]1Nc1ccc2c(cnn2C2CCC(=O)NC2=O)c1. The van der Waals surface area contributed by atoms with Gasteiger partial charge in [-0.15, -0.1) is 0 Å². The number of nitrogens with one attached hydrogen (secondary N) is 3. The summed E-state index contributed by atoms with van der Waals surface area (Å²) in [5.41, 5.74) is 1.99. The first-order valence-electron chi connectivity index (χ1n) is 8.90. The van der Waals surface area contributed by atoms with Gasteiger partial charge in [-0.05, 0) is 50.0 Å². The molecule has 7 nitrogen and oxygen atoms in total. The lowest BCUT2D eigenvalue weighted by Crippen LogP contribution is -2.42. The topological polar surface area (TPSA) is 88.1 Å². The van der Waals surface area contributed by atoms with Crippen LogP contribution in [0.3, 0.4) is 0 Å². The van der Waals surface area contributed by atoms with E-state index in [2.05, 4.69) is 34.0 Å². The van der Waals surface area contributed by atoms with Gasteiger partial charge >= 0.3 is 0 Å². The van der Waals surface area contributed by atoms with Gasteiger partial charge in [0, 0.05) is 23.5 Å². The molecule has 2 amide bonds. The number of piperidine rings is 2. The van der Waals surface area contributed by atoms with Crippen LogP contribution in [-0.2, 0) is 9.59 Å². The first-order chi connectivity index (χ1) is 12.1. The van der Waals surface area contributed by atoms with Crippen molar-refractivity contribution >= 4 is 28.4 Å². The summed E-state index contributed by atoms with van der Waals surface area (Å²) < 4.78 is 1.73. The second-order valence-corrected chi connectivity index (χ2v) is 7.05. The lowest BCUT2D eigenvalue weighted by atomic mass is 9.95. The summed E-state index contributed by atoms with van der Waals surface area (Å²) >= 11 is 0. The Hall–Kier alpha value is -2.41. The molecular weight excluding hydrogens is 318 g/mol. The van der Waals surface area contributed by atoms with Crippen molar-refractivity contribution in [2.75, 3.05) is 18.4 Å². The van der Waals surface area contributed by atoms with Crippen molar-refractivity contribution in [3.05, 3.63) is 24.4 Å². The second kappa shape index (κ2) is 6.48. The molecule has 0 spiro atoms. The highest BCUT2D eigenvalue weighted by molar-refractivity contribution is 6.00. The number of hydrogen-bond acceptors (Lipinski definition) is 5. The minimum Gasteiger partial charge on any atom is -0.382 e. The molecule has 2 saturated heterocycles. The Balaban J connectivity index is 1.56. The minimum atomic E-state index is -0.418. The van der Waals surface area contributed by atoms with E-state index in [9.17, 15) is 9.59 Å². The molecule has 2 aliphatic heterocycles. The van der Waals surface area contributed by atoms with E-state index in [1.165, 1.54) is 0 Å². The summed E-state index contributed by atoms with van der Waals surface area (Å²) in [5, 5.41) is 14.8. The Morgan fingerprint density at radius 1 is 1.28 bits per heavy atom. The van der Waals surface area contributed by atoms with Crippen LogP contribution in [0, 0.1) is 5.92 Å². The number of carbonyl (C=O) groups is 2. The molecule has 3 heterocycles. The molecule has 25 heavy (non-hydrogen) atoms. The smallest absolute Gasteiger partial charge is 0.251 e. The van der Waals surface area contributed by atoms with E-state index in [-0.39, 0.29) is 11.8 Å². The molecule has 3 N–H and O–H groups in total. The zero-order chi connectivity index (χ0) is 17.4. The van der Waals surface area contributed by atoms with Crippen molar-refractivity contribution < 1.29 is 9.59 Å². The number of benzene rings is 1. The van der Waals surface area contributed by atoms with Crippen LogP contribution >= 0.6 is 0 Å². The fourth-order valence-electron chi connectivity index (χ4n) is 3.75. The second-order valence-electron chi connectivity index (χ2n) is 7.05. The van der Waals surface area contributed by atoms with Crippen LogP contribution in [0.25, 0.3) is 10.9 Å². The van der Waals surface area contributed by atoms with E-state index in [0.717, 1.165) is 36.1 Å². The molecule has 2 fully saturated rings. The molecule has 0 bridgehead atoms. The molecule has 0 saturated carbocycles. The van der Waals surface area contributed by atoms with E-state index in [4.69, 9.17) is 0 Å². The molecule has 7 heteroatoms. The highest BCUT2D eigenvalue weighted by Crippen LogP contribution is 2.27. The van der Waals surface area contributed by atoms with Crippen LogP contribution in [0.2, 0.25) is 0 Å². The van der Waals surface area contributed by atoms with Gasteiger partial charge in [-0.1, -0.05) is 6.92 Å². The number of carbonyl (C=O) groups excluding carboxylic acids is 2. The lowest BCUT2D eigenvalue weighted by molar-refractivity contribution is -0.135. The van der Waals surface area contributed by atoms with E-state index in [1.807, 2.05) is 12.1 Å². The van der Waals surface area contributed by atoms with E-state index >= 15 is 0 Å². The molecule has 2 aliphatic rings. The summed E-state index contributed by atoms with van der Waals surface area (Å²) in [6, 6.07) is 6.17. The summed E-state index contributed by atoms with van der Waals surface area (Å²) in [4.78, 5) is 23.4. The number of aromatic nitrogens is 2. The van der Waals surface area contributed by atoms with Crippen molar-refractivity contribution in [2.45, 2.75) is 38.3 Å². The van der Waals surface area contributed by atoms with E-state index < -0.39 is 6.04 Å². The van der Waals surface area contributed by atoms with Crippen LogP contribution in [0.15, 0.2) is 24.4 Å². The van der Waals surface area contributed by atoms with Gasteiger partial charge in [0.05, 0.1) is 11.7 Å². The fraction of sp³-hybridized carbons (Fsp3) is 0.500. The number of amides is 2. The predicted molar refractivity (Wildman–Crippen MR) is 95.2 cm³/mol. The molecule has 2 aromatic rings. The lowest BCUT2D eigenvalue weighted by Gasteiger charge is -2.31. The number of imide groups is 1. The van der Waals surface area contributed by atoms with E-state index in [1.54, 1.807) is 10.9 Å². The third kappa shape index (κ3) is 3.11. The summed E-state index contributed by atoms with van der Waals surface area (Å²) in [5.74, 6) is 0.0999. The third-order valence-corrected chi connectivity index (χ3v) is 5.24. The van der Waals surface area contributed by atoms with Gasteiger partial charge in [-0.3, -0.25) is 19.6 Å². The molecule has 1 aromatic carbocycles. The van der Waals surface area contributed by atoms with Crippen LogP contribution in [-0.4, -0.2) is 40.7 Å². The number of anilines is 1. The zero-order valence-corrected chi connectivity index (χ0v) is 14.3. The Kier molecular flexibility index (Phi) is 4.17. The van der Waals surface area contributed by atoms with Crippen molar-refractivity contribution in [1.29, 1.82) is 0 Å². The molecule has 4 rings (SSSR count). The molecule has 0 radical (unpaired) electrons. The minimum absolute atomic E-state index is 0.208. The van der Waals surface area contributed by atoms with Gasteiger partial charge in [-0.25, -0.2) is 0 Å².